The fourth-order valence-corrected chi connectivity index (χ4v) is 8.79. The Morgan fingerprint density at radius 3 is 1.61 bits per heavy atom. The van der Waals surface area contributed by atoms with E-state index in [1.807, 2.05) is 24.3 Å². The molecule has 4 heterocycles. The number of nitrogens with zero attached hydrogens (tertiary/aromatic N) is 4. The van der Waals surface area contributed by atoms with Gasteiger partial charge in [-0.3, -0.25) is 4.57 Å². The molecule has 5 heteroatoms. The summed E-state index contributed by atoms with van der Waals surface area (Å²) in [6.07, 6.45) is 0. The number of benzene rings is 8. The lowest BCUT2D eigenvalue weighted by Crippen LogP contribution is -2.06. The van der Waals surface area contributed by atoms with Gasteiger partial charge in [-0.05, 0) is 48.5 Å². The zero-order chi connectivity index (χ0) is 37.5. The predicted molar refractivity (Wildman–Crippen MR) is 234 cm³/mol. The van der Waals surface area contributed by atoms with Crippen molar-refractivity contribution in [3.63, 3.8) is 0 Å². The summed E-state index contributed by atoms with van der Waals surface area (Å²) in [6.45, 7) is 0. The van der Waals surface area contributed by atoms with Gasteiger partial charge in [0.05, 0.1) is 38.8 Å². The average molecular weight is 729 g/mol. The molecule has 0 aliphatic heterocycles. The zero-order valence-corrected chi connectivity index (χ0v) is 30.7. The van der Waals surface area contributed by atoms with Gasteiger partial charge in [-0.2, -0.15) is 0 Å². The lowest BCUT2D eigenvalue weighted by molar-refractivity contribution is 0.673. The molecular weight excluding hydrogens is 697 g/mol. The van der Waals surface area contributed by atoms with Crippen LogP contribution in [0.15, 0.2) is 199 Å². The molecular formula is C52H32N4O. The van der Waals surface area contributed by atoms with Crippen molar-refractivity contribution in [3.05, 3.63) is 194 Å². The maximum Gasteiger partial charge on any atom is 0.165 e. The smallest absolute Gasteiger partial charge is 0.165 e. The van der Waals surface area contributed by atoms with Crippen LogP contribution in [0.2, 0.25) is 0 Å². The topological polar surface area (TPSA) is 48.8 Å². The number of para-hydroxylation sites is 3. The maximum absolute atomic E-state index is 6.73. The first-order chi connectivity index (χ1) is 28.3. The second-order valence-corrected chi connectivity index (χ2v) is 14.5. The van der Waals surface area contributed by atoms with Gasteiger partial charge < -0.3 is 8.98 Å². The Bertz CT molecular complexity index is 3490. The molecule has 0 N–H and O–H groups in total. The molecule has 8 aromatic carbocycles. The first-order valence-corrected chi connectivity index (χ1v) is 19.3. The lowest BCUT2D eigenvalue weighted by Gasteiger charge is -2.18. The van der Waals surface area contributed by atoms with Crippen LogP contribution in [-0.2, 0) is 0 Å². The number of furan rings is 1. The summed E-state index contributed by atoms with van der Waals surface area (Å²) in [5.74, 6) is 0.771. The third kappa shape index (κ3) is 4.76. The normalized spacial score (nSPS) is 11.9. The van der Waals surface area contributed by atoms with Crippen molar-refractivity contribution >= 4 is 65.6 Å². The maximum atomic E-state index is 6.73. The molecule has 0 fully saturated rings. The minimum Gasteiger partial charge on any atom is -0.455 e. The Morgan fingerprint density at radius 2 is 0.912 bits per heavy atom. The molecule has 0 radical (unpaired) electrons. The SMILES string of the molecule is c1ccc(-c2nc(-c3ccccc3)c(-n3c4ccccc4c4cc5c6c7oc8ccccc8c7ccc6n(-c6ccccc6)c5cc43)nc2-c2ccccc2)cc1. The first-order valence-electron chi connectivity index (χ1n) is 19.3. The summed E-state index contributed by atoms with van der Waals surface area (Å²) in [6, 6.07) is 68.0. The summed E-state index contributed by atoms with van der Waals surface area (Å²) in [5, 5.41) is 6.74. The number of hydrogen-bond acceptors (Lipinski definition) is 3. The summed E-state index contributed by atoms with van der Waals surface area (Å²) < 4.78 is 11.4. The summed E-state index contributed by atoms with van der Waals surface area (Å²) in [7, 11) is 0. The van der Waals surface area contributed by atoms with E-state index in [1.165, 1.54) is 0 Å². The third-order valence-corrected chi connectivity index (χ3v) is 11.3. The molecule has 5 nitrogen and oxygen atoms in total. The summed E-state index contributed by atoms with van der Waals surface area (Å²) in [4.78, 5) is 11.3. The van der Waals surface area contributed by atoms with Gasteiger partial charge in [-0.25, -0.2) is 9.97 Å². The van der Waals surface area contributed by atoms with E-state index in [2.05, 4.69) is 179 Å². The van der Waals surface area contributed by atoms with Crippen molar-refractivity contribution in [1.82, 2.24) is 19.1 Å². The van der Waals surface area contributed by atoms with Crippen molar-refractivity contribution in [3.8, 4) is 45.3 Å². The van der Waals surface area contributed by atoms with E-state index in [1.54, 1.807) is 0 Å². The molecule has 0 saturated carbocycles. The van der Waals surface area contributed by atoms with Gasteiger partial charge >= 0.3 is 0 Å². The van der Waals surface area contributed by atoms with Gasteiger partial charge in [-0.1, -0.05) is 146 Å². The van der Waals surface area contributed by atoms with Crippen LogP contribution in [0.4, 0.5) is 0 Å². The second kappa shape index (κ2) is 12.4. The first kappa shape index (κ1) is 31.6. The molecule has 0 saturated heterocycles. The minimum absolute atomic E-state index is 0.771. The Hall–Kier alpha value is -7.76. The van der Waals surface area contributed by atoms with Gasteiger partial charge in [0.1, 0.15) is 16.9 Å². The predicted octanol–water partition coefficient (Wildman–Crippen LogP) is 13.6. The van der Waals surface area contributed by atoms with Crippen LogP contribution in [0, 0.1) is 0 Å². The van der Waals surface area contributed by atoms with E-state index in [9.17, 15) is 0 Å². The molecule has 266 valence electrons. The molecule has 0 aliphatic carbocycles. The molecule has 0 atom stereocenters. The highest BCUT2D eigenvalue weighted by atomic mass is 16.3. The van der Waals surface area contributed by atoms with Gasteiger partial charge in [0.15, 0.2) is 5.82 Å². The Balaban J connectivity index is 1.25. The largest absolute Gasteiger partial charge is 0.455 e. The van der Waals surface area contributed by atoms with Gasteiger partial charge in [0, 0.05) is 49.3 Å². The van der Waals surface area contributed by atoms with Crippen LogP contribution < -0.4 is 0 Å². The van der Waals surface area contributed by atoms with Gasteiger partial charge in [0.25, 0.3) is 0 Å². The quantitative estimate of drug-likeness (QED) is 0.177. The van der Waals surface area contributed by atoms with Crippen molar-refractivity contribution in [2.75, 3.05) is 0 Å². The monoisotopic (exact) mass is 728 g/mol. The third-order valence-electron chi connectivity index (χ3n) is 11.3. The van der Waals surface area contributed by atoms with E-state index < -0.39 is 0 Å². The molecule has 12 aromatic rings. The fraction of sp³-hybridized carbons (Fsp3) is 0. The van der Waals surface area contributed by atoms with E-state index in [0.29, 0.717) is 0 Å². The van der Waals surface area contributed by atoms with Crippen molar-refractivity contribution in [1.29, 1.82) is 0 Å². The Morgan fingerprint density at radius 1 is 0.351 bits per heavy atom. The Labute approximate surface area is 327 Å². The highest BCUT2D eigenvalue weighted by Gasteiger charge is 2.25. The molecule has 0 bridgehead atoms. The highest BCUT2D eigenvalue weighted by Crippen LogP contribution is 2.45. The fourth-order valence-electron chi connectivity index (χ4n) is 8.79. The van der Waals surface area contributed by atoms with Crippen LogP contribution in [0.1, 0.15) is 0 Å². The number of fused-ring (bicyclic) bond motifs is 10. The molecule has 0 aliphatic rings. The number of hydrogen-bond donors (Lipinski definition) is 0. The number of aromatic nitrogens is 4. The standard InChI is InChI=1S/C52H32N4O/c1-5-17-33(18-6-1)48-49(34-19-7-2-8-20-34)54-52(50(53-48)35-21-9-3-10-22-35)56-42-27-15-13-25-37(42)40-31-41-45(32-44(40)56)55(36-23-11-4-12-24-36)43-30-29-39-38-26-14-16-28-46(38)57-51(39)47(41)43/h1-32H. The summed E-state index contributed by atoms with van der Waals surface area (Å²) >= 11 is 0. The van der Waals surface area contributed by atoms with E-state index in [0.717, 1.165) is 111 Å². The molecule has 4 aromatic heterocycles. The van der Waals surface area contributed by atoms with Gasteiger partial charge in [-0.15, -0.1) is 0 Å². The highest BCUT2D eigenvalue weighted by molar-refractivity contribution is 6.27. The Kier molecular flexibility index (Phi) is 6.86. The van der Waals surface area contributed by atoms with Crippen LogP contribution in [-0.4, -0.2) is 19.1 Å². The van der Waals surface area contributed by atoms with Crippen LogP contribution in [0.5, 0.6) is 0 Å². The van der Waals surface area contributed by atoms with E-state index >= 15 is 0 Å². The van der Waals surface area contributed by atoms with Crippen molar-refractivity contribution < 1.29 is 4.42 Å². The average Bonchev–Trinajstić information content (AvgIpc) is 3.93. The van der Waals surface area contributed by atoms with E-state index in [4.69, 9.17) is 14.4 Å². The van der Waals surface area contributed by atoms with E-state index in [-0.39, 0.29) is 0 Å². The van der Waals surface area contributed by atoms with Crippen LogP contribution >= 0.6 is 0 Å². The molecule has 12 rings (SSSR count). The lowest BCUT2D eigenvalue weighted by atomic mass is 10.0. The minimum atomic E-state index is 0.771. The molecule has 0 amide bonds. The van der Waals surface area contributed by atoms with Crippen molar-refractivity contribution in [2.24, 2.45) is 0 Å². The molecule has 57 heavy (non-hydrogen) atoms. The van der Waals surface area contributed by atoms with Crippen LogP contribution in [0.3, 0.4) is 0 Å². The molecule has 0 spiro atoms. The van der Waals surface area contributed by atoms with Gasteiger partial charge in [0.2, 0.25) is 0 Å². The summed E-state index contributed by atoms with van der Waals surface area (Å²) in [5.41, 5.74) is 12.6. The van der Waals surface area contributed by atoms with Crippen LogP contribution in [0.25, 0.3) is 111 Å². The van der Waals surface area contributed by atoms with Crippen molar-refractivity contribution in [2.45, 2.75) is 0 Å². The molecule has 0 unspecified atom stereocenters. The second-order valence-electron chi connectivity index (χ2n) is 14.5. The number of rotatable bonds is 5. The zero-order valence-electron chi connectivity index (χ0n) is 30.7.